The number of nitrogens with one attached hydrogen (secondary N) is 1. The molecule has 0 aromatic heterocycles. The van der Waals surface area contributed by atoms with Gasteiger partial charge in [-0.2, -0.15) is 0 Å². The van der Waals surface area contributed by atoms with Crippen LogP contribution in [0.1, 0.15) is 46.9 Å². The van der Waals surface area contributed by atoms with Crippen LogP contribution in [-0.4, -0.2) is 29.8 Å². The molecule has 174 valence electrons. The Morgan fingerprint density at radius 3 is 2.32 bits per heavy atom. The second-order valence-corrected chi connectivity index (χ2v) is 7.88. The van der Waals surface area contributed by atoms with Crippen molar-refractivity contribution in [2.24, 2.45) is 0 Å². The summed E-state index contributed by atoms with van der Waals surface area (Å²) in [6.45, 7) is 3.85. The molecule has 1 atom stereocenters. The predicted octanol–water partition coefficient (Wildman–Crippen LogP) is 5.23. The smallest absolute Gasteiger partial charge is 0.337 e. The Balaban J connectivity index is 1.85. The number of hydrogen-bond donors (Lipinski definition) is 1. The van der Waals surface area contributed by atoms with Gasteiger partial charge in [-0.3, -0.25) is 9.59 Å². The van der Waals surface area contributed by atoms with Crippen molar-refractivity contribution in [2.75, 3.05) is 12.4 Å². The maximum Gasteiger partial charge on any atom is 0.337 e. The van der Waals surface area contributed by atoms with E-state index in [-0.39, 0.29) is 17.9 Å². The Kier molecular flexibility index (Phi) is 8.35. The third-order valence-electron chi connectivity index (χ3n) is 5.39. The molecule has 0 fully saturated rings. The summed E-state index contributed by atoms with van der Waals surface area (Å²) < 4.78 is 4.72. The highest BCUT2D eigenvalue weighted by molar-refractivity contribution is 5.93. The van der Waals surface area contributed by atoms with Crippen LogP contribution in [0.3, 0.4) is 0 Å². The molecule has 0 radical (unpaired) electrons. The lowest BCUT2D eigenvalue weighted by Gasteiger charge is -2.29. The van der Waals surface area contributed by atoms with Gasteiger partial charge in [-0.05, 0) is 54.0 Å². The summed E-state index contributed by atoms with van der Waals surface area (Å²) in [4.78, 5) is 38.2. The van der Waals surface area contributed by atoms with Gasteiger partial charge in [0.1, 0.15) is 0 Å². The van der Waals surface area contributed by atoms with E-state index in [0.717, 1.165) is 16.7 Å². The van der Waals surface area contributed by atoms with Crippen LogP contribution in [0.15, 0.2) is 84.9 Å². The van der Waals surface area contributed by atoms with Crippen LogP contribution < -0.4 is 5.32 Å². The molecule has 0 heterocycles. The molecule has 1 N–H and O–H groups in total. The summed E-state index contributed by atoms with van der Waals surface area (Å²) in [5.74, 6) is -0.711. The van der Waals surface area contributed by atoms with E-state index in [1.54, 1.807) is 35.2 Å². The van der Waals surface area contributed by atoms with Crippen LogP contribution in [0, 0.1) is 0 Å². The van der Waals surface area contributed by atoms with Crippen molar-refractivity contribution in [1.29, 1.82) is 0 Å². The van der Waals surface area contributed by atoms with Crippen molar-refractivity contribution in [2.45, 2.75) is 26.4 Å². The zero-order valence-corrected chi connectivity index (χ0v) is 19.5. The molecular weight excluding hydrogens is 428 g/mol. The van der Waals surface area contributed by atoms with Gasteiger partial charge in [-0.25, -0.2) is 4.79 Å². The summed E-state index contributed by atoms with van der Waals surface area (Å²) in [5, 5.41) is 2.79. The highest BCUT2D eigenvalue weighted by Gasteiger charge is 2.20. The van der Waals surface area contributed by atoms with Gasteiger partial charge < -0.3 is 15.0 Å². The van der Waals surface area contributed by atoms with Crippen LogP contribution in [-0.2, 0) is 20.9 Å². The van der Waals surface area contributed by atoms with E-state index >= 15 is 0 Å². The van der Waals surface area contributed by atoms with Gasteiger partial charge in [-0.15, -0.1) is 0 Å². The number of anilines is 1. The SMILES string of the molecule is COC(=O)c1ccc(/C=C/C(=O)N(Cc2ccccc2)C(C)c2cccc(NC(C)=O)c2)cc1. The Hall–Kier alpha value is -4.19. The van der Waals surface area contributed by atoms with E-state index in [0.29, 0.717) is 17.8 Å². The number of hydrogen-bond acceptors (Lipinski definition) is 4. The molecule has 3 aromatic rings. The van der Waals surface area contributed by atoms with Crippen LogP contribution in [0.2, 0.25) is 0 Å². The summed E-state index contributed by atoms with van der Waals surface area (Å²) in [5.41, 5.74) is 3.85. The van der Waals surface area contributed by atoms with E-state index < -0.39 is 5.97 Å². The van der Waals surface area contributed by atoms with Crippen molar-refractivity contribution in [1.82, 2.24) is 4.90 Å². The molecule has 0 aliphatic carbocycles. The number of carbonyl (C=O) groups excluding carboxylic acids is 3. The molecule has 0 spiro atoms. The van der Waals surface area contributed by atoms with Gasteiger partial charge >= 0.3 is 5.97 Å². The van der Waals surface area contributed by atoms with E-state index in [1.165, 1.54) is 20.1 Å². The molecule has 3 aromatic carbocycles. The summed E-state index contributed by atoms with van der Waals surface area (Å²) in [6, 6.07) is 23.9. The molecule has 6 heteroatoms. The first kappa shape index (κ1) is 24.5. The molecule has 34 heavy (non-hydrogen) atoms. The normalized spacial score (nSPS) is 11.6. The van der Waals surface area contributed by atoms with Crippen molar-refractivity contribution in [3.63, 3.8) is 0 Å². The molecule has 0 saturated carbocycles. The Bertz CT molecular complexity index is 1170. The van der Waals surface area contributed by atoms with Gasteiger partial charge in [-0.1, -0.05) is 54.6 Å². The van der Waals surface area contributed by atoms with E-state index in [9.17, 15) is 14.4 Å². The third-order valence-corrected chi connectivity index (χ3v) is 5.39. The van der Waals surface area contributed by atoms with E-state index in [2.05, 4.69) is 5.32 Å². The Labute approximate surface area is 199 Å². The number of esters is 1. The molecule has 0 aliphatic heterocycles. The highest BCUT2D eigenvalue weighted by atomic mass is 16.5. The first-order valence-electron chi connectivity index (χ1n) is 11.0. The van der Waals surface area contributed by atoms with Crippen molar-refractivity contribution in [3.8, 4) is 0 Å². The van der Waals surface area contributed by atoms with Gasteiger partial charge in [0.25, 0.3) is 0 Å². The number of nitrogens with zero attached hydrogens (tertiary/aromatic N) is 1. The first-order valence-corrected chi connectivity index (χ1v) is 11.0. The van der Waals surface area contributed by atoms with Crippen molar-refractivity contribution in [3.05, 3.63) is 107 Å². The zero-order chi connectivity index (χ0) is 24.5. The minimum absolute atomic E-state index is 0.150. The second kappa shape index (κ2) is 11.6. The van der Waals surface area contributed by atoms with E-state index in [1.807, 2.05) is 61.5 Å². The fourth-order valence-electron chi connectivity index (χ4n) is 3.56. The fraction of sp³-hybridized carbons (Fsp3) is 0.179. The summed E-state index contributed by atoms with van der Waals surface area (Å²) >= 11 is 0. The molecule has 1 unspecified atom stereocenters. The number of amides is 2. The Morgan fingerprint density at radius 1 is 0.971 bits per heavy atom. The molecule has 0 aliphatic rings. The van der Waals surface area contributed by atoms with Gasteiger partial charge in [0.2, 0.25) is 11.8 Å². The number of carbonyl (C=O) groups is 3. The van der Waals surface area contributed by atoms with Crippen LogP contribution in [0.25, 0.3) is 6.08 Å². The zero-order valence-electron chi connectivity index (χ0n) is 19.5. The van der Waals surface area contributed by atoms with Gasteiger partial charge in [0.05, 0.1) is 18.7 Å². The molecule has 0 saturated heterocycles. The second-order valence-electron chi connectivity index (χ2n) is 7.88. The fourth-order valence-corrected chi connectivity index (χ4v) is 3.56. The van der Waals surface area contributed by atoms with Crippen molar-refractivity contribution < 1.29 is 19.1 Å². The minimum Gasteiger partial charge on any atom is -0.465 e. The molecule has 0 bridgehead atoms. The monoisotopic (exact) mass is 456 g/mol. The Morgan fingerprint density at radius 2 is 1.68 bits per heavy atom. The van der Waals surface area contributed by atoms with Crippen LogP contribution >= 0.6 is 0 Å². The summed E-state index contributed by atoms with van der Waals surface area (Å²) in [6.07, 6.45) is 3.26. The number of ether oxygens (including phenoxy) is 1. The quantitative estimate of drug-likeness (QED) is 0.372. The lowest BCUT2D eigenvalue weighted by atomic mass is 10.0. The minimum atomic E-state index is -0.407. The molecule has 3 rings (SSSR count). The standard InChI is InChI=1S/C28H28N2O4/c1-20(25-10-7-11-26(18-25)29-21(2)31)30(19-23-8-5-4-6-9-23)27(32)17-14-22-12-15-24(16-13-22)28(33)34-3/h4-18,20H,19H2,1-3H3,(H,29,31)/b17-14+. The number of rotatable bonds is 8. The predicted molar refractivity (Wildman–Crippen MR) is 133 cm³/mol. The van der Waals surface area contributed by atoms with Crippen LogP contribution in [0.4, 0.5) is 5.69 Å². The molecule has 6 nitrogen and oxygen atoms in total. The highest BCUT2D eigenvalue weighted by Crippen LogP contribution is 2.25. The van der Waals surface area contributed by atoms with Gasteiger partial charge in [0.15, 0.2) is 0 Å². The topological polar surface area (TPSA) is 75.7 Å². The van der Waals surface area contributed by atoms with Crippen LogP contribution in [0.5, 0.6) is 0 Å². The van der Waals surface area contributed by atoms with Crippen molar-refractivity contribution >= 4 is 29.5 Å². The lowest BCUT2D eigenvalue weighted by molar-refractivity contribution is -0.128. The molecule has 2 amide bonds. The lowest BCUT2D eigenvalue weighted by Crippen LogP contribution is -2.31. The molecular formula is C28H28N2O4. The summed E-state index contributed by atoms with van der Waals surface area (Å²) in [7, 11) is 1.34. The third kappa shape index (κ3) is 6.65. The average molecular weight is 457 g/mol. The largest absolute Gasteiger partial charge is 0.465 e. The van der Waals surface area contributed by atoms with Gasteiger partial charge in [0, 0.05) is 25.2 Å². The maximum absolute atomic E-state index is 13.3. The van der Waals surface area contributed by atoms with E-state index in [4.69, 9.17) is 4.74 Å². The first-order chi connectivity index (χ1) is 16.4. The number of benzene rings is 3. The average Bonchev–Trinajstić information content (AvgIpc) is 2.85. The number of methoxy groups -OCH3 is 1. The maximum atomic E-state index is 13.3.